The zero-order valence-electron chi connectivity index (χ0n) is 17.1. The molecule has 2 rings (SSSR count). The van der Waals surface area contributed by atoms with Crippen molar-refractivity contribution in [1.82, 2.24) is 15.5 Å². The van der Waals surface area contributed by atoms with Crippen LogP contribution in [-0.4, -0.2) is 36.3 Å². The van der Waals surface area contributed by atoms with Crippen LogP contribution in [0.1, 0.15) is 64.0 Å². The van der Waals surface area contributed by atoms with Gasteiger partial charge in [0.1, 0.15) is 0 Å². The van der Waals surface area contributed by atoms with Gasteiger partial charge >= 0.3 is 0 Å². The van der Waals surface area contributed by atoms with Crippen LogP contribution >= 0.6 is 0 Å². The number of carbonyl (C=O) groups excluding carboxylic acids is 2. The van der Waals surface area contributed by atoms with Gasteiger partial charge in [-0.2, -0.15) is 0 Å². The lowest BCUT2D eigenvalue weighted by Gasteiger charge is -2.26. The molecule has 2 amide bonds. The number of hydrogen-bond donors (Lipinski definition) is 2. The molecule has 0 unspecified atom stereocenters. The minimum Gasteiger partial charge on any atom is -0.356 e. The van der Waals surface area contributed by atoms with Gasteiger partial charge in [-0.25, -0.2) is 0 Å². The van der Waals surface area contributed by atoms with Crippen LogP contribution in [0.15, 0.2) is 24.3 Å². The van der Waals surface area contributed by atoms with E-state index < -0.39 is 0 Å². The Morgan fingerprint density at radius 2 is 1.59 bits per heavy atom. The second-order valence-electron chi connectivity index (χ2n) is 8.54. The Balaban J connectivity index is 1.62. The topological polar surface area (TPSA) is 61.4 Å². The first kappa shape index (κ1) is 21.4. The lowest BCUT2D eigenvalue weighted by Crippen LogP contribution is -2.35. The highest BCUT2D eigenvalue weighted by Gasteiger charge is 2.20. The number of rotatable bonds is 8. The highest BCUT2D eigenvalue weighted by Crippen LogP contribution is 2.14. The SMILES string of the molecule is CC(C)(C)C(=O)NCCCC(=O)NCc1ccc(CN2CCCCC2)cc1. The number of benzene rings is 1. The maximum Gasteiger partial charge on any atom is 0.225 e. The van der Waals surface area contributed by atoms with Crippen molar-refractivity contribution in [2.24, 2.45) is 5.41 Å². The third kappa shape index (κ3) is 8.12. The molecule has 27 heavy (non-hydrogen) atoms. The minimum atomic E-state index is -0.386. The molecule has 1 aliphatic heterocycles. The van der Waals surface area contributed by atoms with Crippen LogP contribution in [0.25, 0.3) is 0 Å². The summed E-state index contributed by atoms with van der Waals surface area (Å²) in [6.45, 7) is 10.2. The van der Waals surface area contributed by atoms with Crippen LogP contribution in [0.3, 0.4) is 0 Å². The lowest BCUT2D eigenvalue weighted by molar-refractivity contribution is -0.128. The number of nitrogens with zero attached hydrogens (tertiary/aromatic N) is 1. The van der Waals surface area contributed by atoms with E-state index in [-0.39, 0.29) is 17.2 Å². The first-order valence-electron chi connectivity index (χ1n) is 10.2. The van der Waals surface area contributed by atoms with Crippen LogP contribution in [0.2, 0.25) is 0 Å². The Morgan fingerprint density at radius 3 is 2.22 bits per heavy atom. The average Bonchev–Trinajstić information content (AvgIpc) is 2.64. The summed E-state index contributed by atoms with van der Waals surface area (Å²) in [7, 11) is 0. The predicted molar refractivity (Wildman–Crippen MR) is 109 cm³/mol. The Kier molecular flexibility index (Phi) is 8.29. The van der Waals surface area contributed by atoms with Crippen molar-refractivity contribution < 1.29 is 9.59 Å². The largest absolute Gasteiger partial charge is 0.356 e. The molecule has 1 aromatic rings. The molecule has 5 heteroatoms. The van der Waals surface area contributed by atoms with E-state index >= 15 is 0 Å². The van der Waals surface area contributed by atoms with E-state index in [9.17, 15) is 9.59 Å². The van der Waals surface area contributed by atoms with E-state index in [0.717, 1.165) is 12.1 Å². The van der Waals surface area contributed by atoms with E-state index in [0.29, 0.717) is 25.9 Å². The van der Waals surface area contributed by atoms with Crippen LogP contribution in [0.4, 0.5) is 0 Å². The van der Waals surface area contributed by atoms with Gasteiger partial charge in [-0.15, -0.1) is 0 Å². The zero-order chi connectivity index (χ0) is 19.7. The van der Waals surface area contributed by atoms with Crippen LogP contribution in [-0.2, 0) is 22.7 Å². The molecule has 0 bridgehead atoms. The number of carbonyl (C=O) groups is 2. The summed E-state index contributed by atoms with van der Waals surface area (Å²) < 4.78 is 0. The standard InChI is InChI=1S/C22H35N3O2/c1-22(2,3)21(27)23-13-7-8-20(26)24-16-18-9-11-19(12-10-18)17-25-14-5-4-6-15-25/h9-12H,4-8,13-17H2,1-3H3,(H,23,27)(H,24,26). The van der Waals surface area contributed by atoms with Crippen molar-refractivity contribution in [2.45, 2.75) is 66.0 Å². The van der Waals surface area contributed by atoms with Crippen molar-refractivity contribution in [3.8, 4) is 0 Å². The Morgan fingerprint density at radius 1 is 0.963 bits per heavy atom. The summed E-state index contributed by atoms with van der Waals surface area (Å²) in [6, 6.07) is 8.53. The number of nitrogens with one attached hydrogen (secondary N) is 2. The molecular formula is C22H35N3O2. The number of piperidine rings is 1. The molecule has 1 aliphatic rings. The third-order valence-electron chi connectivity index (χ3n) is 4.91. The Hall–Kier alpha value is -1.88. The maximum absolute atomic E-state index is 12.0. The normalized spacial score (nSPS) is 15.4. The van der Waals surface area contributed by atoms with Gasteiger partial charge in [-0.3, -0.25) is 14.5 Å². The van der Waals surface area contributed by atoms with Gasteiger partial charge in [-0.05, 0) is 43.5 Å². The monoisotopic (exact) mass is 373 g/mol. The fraction of sp³-hybridized carbons (Fsp3) is 0.636. The van der Waals surface area contributed by atoms with Crippen molar-refractivity contribution >= 4 is 11.8 Å². The zero-order valence-corrected chi connectivity index (χ0v) is 17.1. The molecule has 0 radical (unpaired) electrons. The summed E-state index contributed by atoms with van der Waals surface area (Å²) in [5.74, 6) is 0.0463. The van der Waals surface area contributed by atoms with Crippen LogP contribution in [0.5, 0.6) is 0 Å². The Labute approximate surface area is 163 Å². The molecule has 2 N–H and O–H groups in total. The van der Waals surface area contributed by atoms with Gasteiger partial charge in [0.05, 0.1) is 0 Å². The molecule has 0 saturated carbocycles. The molecule has 1 fully saturated rings. The van der Waals surface area contributed by atoms with Gasteiger partial charge in [0.25, 0.3) is 0 Å². The van der Waals surface area contributed by atoms with Gasteiger partial charge in [-0.1, -0.05) is 51.5 Å². The van der Waals surface area contributed by atoms with E-state index in [1.54, 1.807) is 0 Å². The molecule has 0 aliphatic carbocycles. The molecular weight excluding hydrogens is 338 g/mol. The van der Waals surface area contributed by atoms with Crippen LogP contribution < -0.4 is 10.6 Å². The van der Waals surface area contributed by atoms with E-state index in [4.69, 9.17) is 0 Å². The van der Waals surface area contributed by atoms with E-state index in [1.807, 2.05) is 20.8 Å². The molecule has 1 heterocycles. The van der Waals surface area contributed by atoms with Gasteiger partial charge < -0.3 is 10.6 Å². The number of amides is 2. The number of hydrogen-bond acceptors (Lipinski definition) is 3. The molecule has 1 saturated heterocycles. The second-order valence-corrected chi connectivity index (χ2v) is 8.54. The highest BCUT2D eigenvalue weighted by molar-refractivity contribution is 5.81. The molecule has 150 valence electrons. The first-order chi connectivity index (χ1) is 12.8. The third-order valence-corrected chi connectivity index (χ3v) is 4.91. The molecule has 5 nitrogen and oxygen atoms in total. The van der Waals surface area contributed by atoms with Gasteiger partial charge in [0.15, 0.2) is 0 Å². The quantitative estimate of drug-likeness (QED) is 0.688. The first-order valence-corrected chi connectivity index (χ1v) is 10.2. The molecule has 0 atom stereocenters. The molecule has 0 spiro atoms. The Bertz CT molecular complexity index is 599. The minimum absolute atomic E-state index is 0.0209. The molecule has 1 aromatic carbocycles. The van der Waals surface area contributed by atoms with Crippen molar-refractivity contribution in [3.05, 3.63) is 35.4 Å². The van der Waals surface area contributed by atoms with E-state index in [2.05, 4.69) is 39.8 Å². The fourth-order valence-electron chi connectivity index (χ4n) is 3.14. The molecule has 0 aromatic heterocycles. The van der Waals surface area contributed by atoms with Gasteiger partial charge in [0.2, 0.25) is 11.8 Å². The van der Waals surface area contributed by atoms with E-state index in [1.165, 1.54) is 37.9 Å². The summed E-state index contributed by atoms with van der Waals surface area (Å²) >= 11 is 0. The summed E-state index contributed by atoms with van der Waals surface area (Å²) in [5.41, 5.74) is 2.07. The summed E-state index contributed by atoms with van der Waals surface area (Å²) in [5, 5.41) is 5.82. The second kappa shape index (κ2) is 10.5. The number of likely N-dealkylation sites (tertiary alicyclic amines) is 1. The highest BCUT2D eigenvalue weighted by atomic mass is 16.2. The van der Waals surface area contributed by atoms with Crippen molar-refractivity contribution in [1.29, 1.82) is 0 Å². The van der Waals surface area contributed by atoms with Crippen LogP contribution in [0, 0.1) is 5.41 Å². The lowest BCUT2D eigenvalue weighted by atomic mass is 9.96. The maximum atomic E-state index is 12.0. The average molecular weight is 374 g/mol. The summed E-state index contributed by atoms with van der Waals surface area (Å²) in [6.07, 6.45) is 5.06. The van der Waals surface area contributed by atoms with Gasteiger partial charge in [0, 0.05) is 31.5 Å². The van der Waals surface area contributed by atoms with Crippen molar-refractivity contribution in [2.75, 3.05) is 19.6 Å². The summed E-state index contributed by atoms with van der Waals surface area (Å²) in [4.78, 5) is 26.2. The van der Waals surface area contributed by atoms with Crippen molar-refractivity contribution in [3.63, 3.8) is 0 Å². The smallest absolute Gasteiger partial charge is 0.225 e. The predicted octanol–water partition coefficient (Wildman–Crippen LogP) is 3.23. The fourth-order valence-corrected chi connectivity index (χ4v) is 3.14.